The average molecular weight is 309 g/mol. The monoisotopic (exact) mass is 308 g/mol. The van der Waals surface area contributed by atoms with Crippen molar-refractivity contribution in [3.8, 4) is 0 Å². The van der Waals surface area contributed by atoms with E-state index in [0.29, 0.717) is 12.0 Å². The quantitative estimate of drug-likeness (QED) is 0.905. The molecular weight excluding hydrogens is 296 g/mol. The smallest absolute Gasteiger partial charge is 0.240 e. The number of hydrogen-bond donors (Lipinski definition) is 2. The van der Waals surface area contributed by atoms with Crippen LogP contribution in [0, 0.1) is 0 Å². The van der Waals surface area contributed by atoms with E-state index in [2.05, 4.69) is 26.2 Å². The van der Waals surface area contributed by atoms with Gasteiger partial charge in [-0.15, -0.1) is 0 Å². The maximum absolute atomic E-state index is 11.8. The number of imidazole rings is 1. The number of aromatic nitrogens is 2. The van der Waals surface area contributed by atoms with E-state index in [9.17, 15) is 4.79 Å². The molecule has 1 amide bonds. The van der Waals surface area contributed by atoms with Gasteiger partial charge in [-0.2, -0.15) is 0 Å². The molecule has 0 saturated heterocycles. The van der Waals surface area contributed by atoms with E-state index in [0.717, 1.165) is 28.3 Å². The van der Waals surface area contributed by atoms with Crippen molar-refractivity contribution in [2.24, 2.45) is 0 Å². The van der Waals surface area contributed by atoms with E-state index in [1.54, 1.807) is 4.57 Å². The van der Waals surface area contributed by atoms with Gasteiger partial charge in [0, 0.05) is 10.5 Å². The molecule has 1 fully saturated rings. The van der Waals surface area contributed by atoms with E-state index in [-0.39, 0.29) is 12.5 Å². The van der Waals surface area contributed by atoms with Crippen molar-refractivity contribution in [1.29, 1.82) is 0 Å². The zero-order valence-electron chi connectivity index (χ0n) is 9.69. The number of rotatable bonds is 3. The first-order valence-electron chi connectivity index (χ1n) is 5.84. The molecule has 3 N–H and O–H groups in total. The van der Waals surface area contributed by atoms with Crippen LogP contribution in [0.15, 0.2) is 22.7 Å². The summed E-state index contributed by atoms with van der Waals surface area (Å²) < 4.78 is 2.68. The van der Waals surface area contributed by atoms with E-state index >= 15 is 0 Å². The zero-order valence-corrected chi connectivity index (χ0v) is 11.3. The molecule has 0 aliphatic heterocycles. The summed E-state index contributed by atoms with van der Waals surface area (Å²) in [6, 6.07) is 6.07. The minimum Gasteiger partial charge on any atom is -0.369 e. The first kappa shape index (κ1) is 11.5. The fraction of sp³-hybridized carbons (Fsp3) is 0.333. The fourth-order valence-corrected chi connectivity index (χ4v) is 2.27. The predicted octanol–water partition coefficient (Wildman–Crippen LogP) is 1.66. The van der Waals surface area contributed by atoms with Gasteiger partial charge in [0.05, 0.1) is 11.0 Å². The summed E-state index contributed by atoms with van der Waals surface area (Å²) in [5.74, 6) is 0.359. The lowest BCUT2D eigenvalue weighted by Gasteiger charge is -2.07. The second-order valence-electron chi connectivity index (χ2n) is 4.53. The van der Waals surface area contributed by atoms with Crippen molar-refractivity contribution in [2.45, 2.75) is 25.4 Å². The van der Waals surface area contributed by atoms with Gasteiger partial charge in [0.1, 0.15) is 6.54 Å². The van der Waals surface area contributed by atoms with Gasteiger partial charge >= 0.3 is 0 Å². The van der Waals surface area contributed by atoms with E-state index in [1.807, 2.05) is 18.2 Å². The Morgan fingerprint density at radius 2 is 2.33 bits per heavy atom. The number of nitrogens with two attached hydrogens (primary N) is 1. The third kappa shape index (κ3) is 2.20. The molecule has 6 heteroatoms. The summed E-state index contributed by atoms with van der Waals surface area (Å²) in [6.45, 7) is 0.218. The van der Waals surface area contributed by atoms with Crippen LogP contribution in [0.2, 0.25) is 0 Å². The molecule has 18 heavy (non-hydrogen) atoms. The Bertz CT molecular complexity index is 618. The molecule has 3 rings (SSSR count). The minimum atomic E-state index is -0.0107. The summed E-state index contributed by atoms with van der Waals surface area (Å²) in [4.78, 5) is 16.1. The average Bonchev–Trinajstić information content (AvgIpc) is 3.07. The maximum atomic E-state index is 11.8. The van der Waals surface area contributed by atoms with Gasteiger partial charge in [0.25, 0.3) is 0 Å². The number of nitrogen functional groups attached to an aromatic ring is 1. The molecule has 0 unspecified atom stereocenters. The fourth-order valence-electron chi connectivity index (χ4n) is 1.93. The number of amides is 1. The summed E-state index contributed by atoms with van der Waals surface area (Å²) >= 11 is 3.41. The summed E-state index contributed by atoms with van der Waals surface area (Å²) in [5.41, 5.74) is 7.52. The molecule has 0 atom stereocenters. The standard InChI is InChI=1S/C12H13BrN4O/c13-7-1-4-9-10(5-7)17(12(14)16-9)6-11(18)15-8-2-3-8/h1,4-5,8H,2-3,6H2,(H2,14,16)(H,15,18). The highest BCUT2D eigenvalue weighted by atomic mass is 79.9. The molecule has 1 heterocycles. The number of nitrogens with one attached hydrogen (secondary N) is 1. The largest absolute Gasteiger partial charge is 0.369 e. The van der Waals surface area contributed by atoms with Crippen LogP contribution in [0.5, 0.6) is 0 Å². The Hall–Kier alpha value is -1.56. The number of benzene rings is 1. The first-order chi connectivity index (χ1) is 8.63. The SMILES string of the molecule is Nc1nc2ccc(Br)cc2n1CC(=O)NC1CC1. The highest BCUT2D eigenvalue weighted by Crippen LogP contribution is 2.22. The van der Waals surface area contributed by atoms with E-state index in [4.69, 9.17) is 5.73 Å². The summed E-state index contributed by atoms with van der Waals surface area (Å²) in [5, 5.41) is 2.94. The van der Waals surface area contributed by atoms with Crippen molar-refractivity contribution in [1.82, 2.24) is 14.9 Å². The van der Waals surface area contributed by atoms with Crippen LogP contribution in [0.1, 0.15) is 12.8 Å². The first-order valence-corrected chi connectivity index (χ1v) is 6.63. The molecule has 5 nitrogen and oxygen atoms in total. The molecule has 2 aromatic rings. The summed E-state index contributed by atoms with van der Waals surface area (Å²) in [6.07, 6.45) is 2.16. The second-order valence-corrected chi connectivity index (χ2v) is 5.45. The minimum absolute atomic E-state index is 0.0107. The third-order valence-electron chi connectivity index (χ3n) is 2.98. The molecule has 1 aromatic heterocycles. The van der Waals surface area contributed by atoms with Crippen LogP contribution >= 0.6 is 15.9 Å². The Labute approximate surface area is 112 Å². The van der Waals surface area contributed by atoms with Crippen molar-refractivity contribution in [3.63, 3.8) is 0 Å². The van der Waals surface area contributed by atoms with Crippen molar-refractivity contribution in [3.05, 3.63) is 22.7 Å². The molecule has 0 bridgehead atoms. The lowest BCUT2D eigenvalue weighted by Crippen LogP contribution is -2.29. The van der Waals surface area contributed by atoms with Crippen molar-refractivity contribution >= 4 is 38.8 Å². The van der Waals surface area contributed by atoms with Gasteiger partial charge in [-0.25, -0.2) is 4.98 Å². The van der Waals surface area contributed by atoms with E-state index < -0.39 is 0 Å². The van der Waals surface area contributed by atoms with Crippen LogP contribution in [-0.4, -0.2) is 21.5 Å². The van der Waals surface area contributed by atoms with Gasteiger partial charge in [0.2, 0.25) is 11.9 Å². The van der Waals surface area contributed by atoms with Crippen molar-refractivity contribution in [2.75, 3.05) is 5.73 Å². The van der Waals surface area contributed by atoms with Crippen molar-refractivity contribution < 1.29 is 4.79 Å². The Kier molecular flexibility index (Phi) is 2.74. The zero-order chi connectivity index (χ0) is 12.7. The number of fused-ring (bicyclic) bond motifs is 1. The second kappa shape index (κ2) is 4.28. The number of carbonyl (C=O) groups is 1. The van der Waals surface area contributed by atoms with E-state index in [1.165, 1.54) is 0 Å². The molecule has 1 saturated carbocycles. The molecule has 1 aliphatic carbocycles. The maximum Gasteiger partial charge on any atom is 0.240 e. The number of hydrogen-bond acceptors (Lipinski definition) is 3. The molecule has 1 aromatic carbocycles. The van der Waals surface area contributed by atoms with Gasteiger partial charge in [-0.05, 0) is 31.0 Å². The lowest BCUT2D eigenvalue weighted by atomic mass is 10.3. The topological polar surface area (TPSA) is 72.9 Å². The third-order valence-corrected chi connectivity index (χ3v) is 3.48. The molecule has 0 radical (unpaired) electrons. The van der Waals surface area contributed by atoms with Crippen LogP contribution in [0.3, 0.4) is 0 Å². The van der Waals surface area contributed by atoms with Crippen LogP contribution in [0.25, 0.3) is 11.0 Å². The number of anilines is 1. The molecular formula is C12H13BrN4O. The normalized spacial score (nSPS) is 14.9. The Balaban J connectivity index is 1.91. The predicted molar refractivity (Wildman–Crippen MR) is 73.0 cm³/mol. The van der Waals surface area contributed by atoms with Gasteiger partial charge < -0.3 is 15.6 Å². The van der Waals surface area contributed by atoms with Gasteiger partial charge in [-0.1, -0.05) is 15.9 Å². The van der Waals surface area contributed by atoms with Crippen LogP contribution < -0.4 is 11.1 Å². The highest BCUT2D eigenvalue weighted by Gasteiger charge is 2.23. The molecule has 0 spiro atoms. The Morgan fingerprint density at radius 3 is 3.06 bits per heavy atom. The highest BCUT2D eigenvalue weighted by molar-refractivity contribution is 9.10. The number of carbonyl (C=O) groups excluding carboxylic acids is 1. The molecule has 1 aliphatic rings. The Morgan fingerprint density at radius 1 is 1.56 bits per heavy atom. The van der Waals surface area contributed by atoms with Gasteiger partial charge in [0.15, 0.2) is 0 Å². The summed E-state index contributed by atoms with van der Waals surface area (Å²) in [7, 11) is 0. The number of halogens is 1. The van der Waals surface area contributed by atoms with Crippen LogP contribution in [0.4, 0.5) is 5.95 Å². The number of nitrogens with zero attached hydrogens (tertiary/aromatic N) is 2. The lowest BCUT2D eigenvalue weighted by molar-refractivity contribution is -0.121. The molecule has 94 valence electrons. The van der Waals surface area contributed by atoms with Crippen LogP contribution in [-0.2, 0) is 11.3 Å². The van der Waals surface area contributed by atoms with Gasteiger partial charge in [-0.3, -0.25) is 4.79 Å².